The van der Waals surface area contributed by atoms with Crippen LogP contribution in [0.3, 0.4) is 0 Å². The summed E-state index contributed by atoms with van der Waals surface area (Å²) in [6.07, 6.45) is 0.108. The number of nitrogens with zero attached hydrogens (tertiary/aromatic N) is 2. The first-order valence-electron chi connectivity index (χ1n) is 12.9. The van der Waals surface area contributed by atoms with Gasteiger partial charge in [-0.1, -0.05) is 12.1 Å². The van der Waals surface area contributed by atoms with Crippen LogP contribution in [0, 0.1) is 13.8 Å². The first kappa shape index (κ1) is 25.1. The average Bonchev–Trinajstić information content (AvgIpc) is 3.56. The van der Waals surface area contributed by atoms with Gasteiger partial charge in [-0.15, -0.1) is 0 Å². The highest BCUT2D eigenvalue weighted by Crippen LogP contribution is 2.27. The average molecular weight is 531 g/mol. The van der Waals surface area contributed by atoms with Crippen LogP contribution in [-0.4, -0.2) is 21.8 Å². The zero-order chi connectivity index (χ0) is 27.6. The second kappa shape index (κ2) is 10.5. The van der Waals surface area contributed by atoms with Crippen LogP contribution in [0.25, 0.3) is 45.1 Å². The van der Waals surface area contributed by atoms with Crippen molar-refractivity contribution in [3.63, 3.8) is 0 Å². The summed E-state index contributed by atoms with van der Waals surface area (Å²) in [5.74, 6) is 0.544. The topological polar surface area (TPSA) is 110 Å². The Bertz CT molecular complexity index is 1710. The summed E-state index contributed by atoms with van der Waals surface area (Å²) >= 11 is 0. The molecule has 8 nitrogen and oxygen atoms in total. The number of nitrogens with one attached hydrogen (secondary N) is 2. The summed E-state index contributed by atoms with van der Waals surface area (Å²) in [6, 6.07) is 26.2. The number of amides is 2. The van der Waals surface area contributed by atoms with Gasteiger partial charge in [-0.25, -0.2) is 9.97 Å². The fourth-order valence-corrected chi connectivity index (χ4v) is 4.39. The molecule has 40 heavy (non-hydrogen) atoms. The number of oxazole rings is 2. The smallest absolute Gasteiger partial charge is 0.227 e. The van der Waals surface area contributed by atoms with Gasteiger partial charge in [0, 0.05) is 35.3 Å². The van der Waals surface area contributed by atoms with Crippen LogP contribution in [0.4, 0.5) is 11.4 Å². The Kier molecular flexibility index (Phi) is 6.57. The van der Waals surface area contributed by atoms with E-state index < -0.39 is 0 Å². The van der Waals surface area contributed by atoms with Crippen molar-refractivity contribution in [2.45, 2.75) is 26.7 Å². The van der Waals surface area contributed by atoms with E-state index in [9.17, 15) is 9.59 Å². The van der Waals surface area contributed by atoms with Crippen LogP contribution in [-0.2, 0) is 9.59 Å². The Hall–Kier alpha value is -5.24. The van der Waals surface area contributed by atoms with Gasteiger partial charge in [0.1, 0.15) is 11.0 Å². The molecule has 2 amide bonds. The molecule has 4 aromatic carbocycles. The van der Waals surface area contributed by atoms with E-state index in [4.69, 9.17) is 8.83 Å². The lowest BCUT2D eigenvalue weighted by atomic mass is 10.2. The zero-order valence-corrected chi connectivity index (χ0v) is 22.0. The molecule has 0 aliphatic rings. The highest BCUT2D eigenvalue weighted by Gasteiger charge is 2.12. The van der Waals surface area contributed by atoms with E-state index in [1.807, 2.05) is 74.5 Å². The summed E-state index contributed by atoms with van der Waals surface area (Å²) in [6.45, 7) is 4.02. The van der Waals surface area contributed by atoms with Crippen LogP contribution in [0.5, 0.6) is 0 Å². The summed E-state index contributed by atoms with van der Waals surface area (Å²) in [5, 5.41) is 5.65. The van der Waals surface area contributed by atoms with Crippen molar-refractivity contribution in [3.05, 3.63) is 96.1 Å². The molecule has 0 radical (unpaired) electrons. The first-order valence-corrected chi connectivity index (χ1v) is 12.9. The highest BCUT2D eigenvalue weighted by atomic mass is 16.4. The Balaban J connectivity index is 1.00. The fraction of sp³-hybridized carbons (Fsp3) is 0.125. The molecule has 2 heterocycles. The molecule has 0 bridgehead atoms. The third-order valence-electron chi connectivity index (χ3n) is 6.50. The second-order valence-corrected chi connectivity index (χ2v) is 9.73. The van der Waals surface area contributed by atoms with Gasteiger partial charge in [0.15, 0.2) is 11.2 Å². The van der Waals surface area contributed by atoms with Gasteiger partial charge in [0.05, 0.1) is 0 Å². The number of aromatic nitrogens is 2. The number of carbonyl (C=O) groups excluding carboxylic acids is 2. The number of fused-ring (bicyclic) bond motifs is 2. The van der Waals surface area contributed by atoms with E-state index in [-0.39, 0.29) is 24.7 Å². The number of rotatable bonds is 7. The standard InChI is InChI=1S/C32H26N4O4/c1-19-3-13-27-25(17-19)35-31(39-27)21-5-9-23(10-6-21)33-29(37)15-16-30(38)34-24-11-7-22(8-12-24)32-36-26-18-20(2)4-14-28(26)40-32/h3-14,17-18H,15-16H2,1-2H3,(H,33,37)(H,34,38). The number of anilines is 2. The SMILES string of the molecule is Cc1ccc2oc(-c3ccc(NC(=O)CCC(=O)Nc4ccc(-c5nc6cc(C)ccc6o5)cc4)cc3)nc2c1. The normalized spacial score (nSPS) is 11.2. The van der Waals surface area contributed by atoms with Crippen molar-refractivity contribution < 1.29 is 18.4 Å². The molecular weight excluding hydrogens is 504 g/mol. The van der Waals surface area contributed by atoms with Crippen LogP contribution in [0.1, 0.15) is 24.0 Å². The monoisotopic (exact) mass is 530 g/mol. The molecular formula is C32H26N4O4. The Morgan fingerprint density at radius 1 is 0.600 bits per heavy atom. The van der Waals surface area contributed by atoms with Crippen molar-refractivity contribution >= 4 is 45.4 Å². The minimum absolute atomic E-state index is 0.0540. The maximum absolute atomic E-state index is 12.4. The molecule has 6 rings (SSSR count). The third-order valence-corrected chi connectivity index (χ3v) is 6.50. The van der Waals surface area contributed by atoms with Gasteiger partial charge in [-0.3, -0.25) is 9.59 Å². The van der Waals surface area contributed by atoms with Crippen LogP contribution < -0.4 is 10.6 Å². The fourth-order valence-electron chi connectivity index (χ4n) is 4.39. The van der Waals surface area contributed by atoms with Crippen molar-refractivity contribution in [3.8, 4) is 22.9 Å². The molecule has 2 aromatic heterocycles. The minimum Gasteiger partial charge on any atom is -0.436 e. The van der Waals surface area contributed by atoms with E-state index in [1.165, 1.54) is 0 Å². The number of aryl methyl sites for hydroxylation is 2. The van der Waals surface area contributed by atoms with Crippen molar-refractivity contribution in [2.24, 2.45) is 0 Å². The highest BCUT2D eigenvalue weighted by molar-refractivity contribution is 5.97. The van der Waals surface area contributed by atoms with Gasteiger partial charge in [0.2, 0.25) is 23.6 Å². The van der Waals surface area contributed by atoms with Crippen LogP contribution in [0.2, 0.25) is 0 Å². The van der Waals surface area contributed by atoms with Crippen molar-refractivity contribution in [1.29, 1.82) is 0 Å². The molecule has 198 valence electrons. The van der Waals surface area contributed by atoms with Gasteiger partial charge < -0.3 is 19.5 Å². The number of hydrogen-bond acceptors (Lipinski definition) is 6. The quantitative estimate of drug-likeness (QED) is 0.224. The predicted octanol–water partition coefficient (Wildman–Crippen LogP) is 7.28. The molecule has 0 spiro atoms. The molecule has 6 aromatic rings. The largest absolute Gasteiger partial charge is 0.436 e. The molecule has 0 fully saturated rings. The lowest BCUT2D eigenvalue weighted by molar-refractivity contribution is -0.121. The van der Waals surface area contributed by atoms with E-state index in [0.717, 1.165) is 44.5 Å². The van der Waals surface area contributed by atoms with E-state index in [1.54, 1.807) is 24.3 Å². The molecule has 0 aliphatic heterocycles. The molecule has 0 unspecified atom stereocenters. The third kappa shape index (κ3) is 5.47. The lowest BCUT2D eigenvalue weighted by Crippen LogP contribution is -2.17. The summed E-state index contributed by atoms with van der Waals surface area (Å²) < 4.78 is 11.7. The lowest BCUT2D eigenvalue weighted by Gasteiger charge is -2.07. The molecule has 2 N–H and O–H groups in total. The minimum atomic E-state index is -0.248. The Labute approximate surface area is 230 Å². The summed E-state index contributed by atoms with van der Waals surface area (Å²) in [7, 11) is 0. The van der Waals surface area contributed by atoms with Crippen molar-refractivity contribution in [2.75, 3.05) is 10.6 Å². The van der Waals surface area contributed by atoms with E-state index in [2.05, 4.69) is 20.6 Å². The first-order chi connectivity index (χ1) is 19.4. The van der Waals surface area contributed by atoms with Crippen LogP contribution in [0.15, 0.2) is 93.8 Å². The van der Waals surface area contributed by atoms with E-state index in [0.29, 0.717) is 23.2 Å². The molecule has 0 atom stereocenters. The van der Waals surface area contributed by atoms with Gasteiger partial charge in [-0.05, 0) is 97.8 Å². The maximum Gasteiger partial charge on any atom is 0.227 e. The summed E-state index contributed by atoms with van der Waals surface area (Å²) in [5.41, 5.74) is 8.17. The number of benzene rings is 4. The molecule has 0 saturated carbocycles. The van der Waals surface area contributed by atoms with Gasteiger partial charge in [0.25, 0.3) is 0 Å². The van der Waals surface area contributed by atoms with Gasteiger partial charge in [-0.2, -0.15) is 0 Å². The van der Waals surface area contributed by atoms with Gasteiger partial charge >= 0.3 is 0 Å². The zero-order valence-electron chi connectivity index (χ0n) is 22.0. The number of carbonyl (C=O) groups is 2. The van der Waals surface area contributed by atoms with Crippen LogP contribution >= 0.6 is 0 Å². The Morgan fingerprint density at radius 3 is 1.40 bits per heavy atom. The van der Waals surface area contributed by atoms with E-state index >= 15 is 0 Å². The summed E-state index contributed by atoms with van der Waals surface area (Å²) in [4.78, 5) is 33.9. The number of hydrogen-bond donors (Lipinski definition) is 2. The predicted molar refractivity (Wildman–Crippen MR) is 155 cm³/mol. The Morgan fingerprint density at radius 2 is 1.00 bits per heavy atom. The molecule has 0 aliphatic carbocycles. The maximum atomic E-state index is 12.4. The van der Waals surface area contributed by atoms with Crippen molar-refractivity contribution in [1.82, 2.24) is 9.97 Å². The molecule has 8 heteroatoms. The second-order valence-electron chi connectivity index (χ2n) is 9.73. The molecule has 0 saturated heterocycles.